The summed E-state index contributed by atoms with van der Waals surface area (Å²) in [7, 11) is 0. The van der Waals surface area contributed by atoms with Crippen LogP contribution in [0.4, 0.5) is 37.7 Å². The second-order valence-corrected chi connectivity index (χ2v) is 6.12. The number of carbonyl (C=O) groups is 1. The van der Waals surface area contributed by atoms with Crippen LogP contribution < -0.4 is 10.2 Å². The van der Waals surface area contributed by atoms with Crippen molar-refractivity contribution in [3.05, 3.63) is 46.9 Å². The fraction of sp³-hybridized carbons (Fsp3) is 0.412. The van der Waals surface area contributed by atoms with Crippen molar-refractivity contribution in [3.8, 4) is 0 Å². The van der Waals surface area contributed by atoms with E-state index in [9.17, 15) is 31.1 Å². The van der Waals surface area contributed by atoms with E-state index in [1.165, 1.54) is 6.92 Å². The van der Waals surface area contributed by atoms with Crippen molar-refractivity contribution < 1.29 is 35.7 Å². The first-order chi connectivity index (χ1) is 13.9. The Morgan fingerprint density at radius 1 is 1.27 bits per heavy atom. The lowest BCUT2D eigenvalue weighted by molar-refractivity contribution is -0.136. The van der Waals surface area contributed by atoms with Crippen LogP contribution >= 0.6 is 0 Å². The second-order valence-electron chi connectivity index (χ2n) is 6.12. The van der Waals surface area contributed by atoms with Crippen LogP contribution in [0.2, 0.25) is 0 Å². The molecule has 0 radical (unpaired) electrons. The molecule has 0 saturated heterocycles. The number of rotatable bonds is 7. The molecule has 30 heavy (non-hydrogen) atoms. The van der Waals surface area contributed by atoms with E-state index >= 15 is 0 Å². The van der Waals surface area contributed by atoms with E-state index in [1.807, 2.05) is 0 Å². The lowest BCUT2D eigenvalue weighted by Gasteiger charge is -2.25. The lowest BCUT2D eigenvalue weighted by Crippen LogP contribution is -2.34. The number of anilines is 1. The number of hydrogen-bond donors (Lipinski definition) is 1. The molecule has 0 aliphatic rings. The predicted octanol–water partition coefficient (Wildman–Crippen LogP) is 3.89. The Morgan fingerprint density at radius 3 is 2.53 bits per heavy atom. The first kappa shape index (κ1) is 23.0. The number of amides is 1. The Balaban J connectivity index is 2.29. The third-order valence-corrected chi connectivity index (χ3v) is 3.70. The highest BCUT2D eigenvalue weighted by Crippen LogP contribution is 2.39. The van der Waals surface area contributed by atoms with E-state index in [2.05, 4.69) is 20.3 Å². The smallest absolute Gasteiger partial charge is 0.356 e. The Kier molecular flexibility index (Phi) is 6.91. The average Bonchev–Trinajstić information content (AvgIpc) is 3.05. The minimum absolute atomic E-state index is 0.0463. The zero-order valence-corrected chi connectivity index (χ0v) is 15.4. The van der Waals surface area contributed by atoms with Crippen LogP contribution in [0, 0.1) is 6.57 Å². The van der Waals surface area contributed by atoms with Gasteiger partial charge in [-0.25, -0.2) is 4.85 Å². The van der Waals surface area contributed by atoms with Crippen LogP contribution in [0.5, 0.6) is 0 Å². The maximum absolute atomic E-state index is 13.2. The van der Waals surface area contributed by atoms with Gasteiger partial charge in [0, 0.05) is 25.6 Å². The summed E-state index contributed by atoms with van der Waals surface area (Å²) >= 11 is 0. The molecule has 0 aliphatic heterocycles. The molecule has 1 N–H and O–H groups in total. The van der Waals surface area contributed by atoms with Gasteiger partial charge in [0.05, 0.1) is 18.7 Å². The first-order valence-corrected chi connectivity index (χ1v) is 8.35. The zero-order valence-electron chi connectivity index (χ0n) is 15.4. The SMILES string of the molecule is [C-]#[N+]c1ccc(N(Cc2noc(CCNC(C)=O)n2)CC(F)(F)F)cc1C(F)(F)F. The average molecular weight is 435 g/mol. The maximum Gasteiger partial charge on any atom is 0.407 e. The quantitative estimate of drug-likeness (QED) is 0.528. The number of carbonyl (C=O) groups excluding carboxylic acids is 1. The van der Waals surface area contributed by atoms with Crippen molar-refractivity contribution in [2.45, 2.75) is 32.2 Å². The van der Waals surface area contributed by atoms with Crippen LogP contribution in [0.1, 0.15) is 24.2 Å². The van der Waals surface area contributed by atoms with Gasteiger partial charge in [-0.2, -0.15) is 31.3 Å². The standard InChI is InChI=1S/C17H15F6N5O2/c1-10(29)25-6-5-15-26-14(27-30-15)8-28(9-16(18,19)20)11-3-4-13(24-2)12(7-11)17(21,22)23/h3-4,7H,5-6,8-9H2,1H3,(H,25,29). The summed E-state index contributed by atoms with van der Waals surface area (Å²) in [6.45, 7) is 6.12. The molecule has 0 saturated carbocycles. The van der Waals surface area contributed by atoms with Gasteiger partial charge in [-0.3, -0.25) is 4.79 Å². The Morgan fingerprint density at radius 2 is 1.97 bits per heavy atom. The summed E-state index contributed by atoms with van der Waals surface area (Å²) in [5.41, 5.74) is -2.47. The monoisotopic (exact) mass is 435 g/mol. The van der Waals surface area contributed by atoms with E-state index in [1.54, 1.807) is 0 Å². The molecule has 7 nitrogen and oxygen atoms in total. The minimum Gasteiger partial charge on any atom is -0.356 e. The highest BCUT2D eigenvalue weighted by atomic mass is 19.4. The summed E-state index contributed by atoms with van der Waals surface area (Å²) < 4.78 is 83.4. The van der Waals surface area contributed by atoms with Crippen molar-refractivity contribution >= 4 is 17.3 Å². The molecule has 0 unspecified atom stereocenters. The van der Waals surface area contributed by atoms with Crippen molar-refractivity contribution in [1.82, 2.24) is 15.5 Å². The van der Waals surface area contributed by atoms with Gasteiger partial charge in [0.2, 0.25) is 11.8 Å². The molecule has 13 heteroatoms. The summed E-state index contributed by atoms with van der Waals surface area (Å²) in [5.74, 6) is -0.431. The Labute approximate surface area is 166 Å². The third-order valence-electron chi connectivity index (χ3n) is 3.70. The topological polar surface area (TPSA) is 75.6 Å². The van der Waals surface area contributed by atoms with Gasteiger partial charge in [0.25, 0.3) is 0 Å². The van der Waals surface area contributed by atoms with Gasteiger partial charge in [0.15, 0.2) is 11.5 Å². The summed E-state index contributed by atoms with van der Waals surface area (Å²) in [6, 6.07) is 2.28. The number of benzene rings is 1. The molecule has 162 valence electrons. The fourth-order valence-electron chi connectivity index (χ4n) is 2.47. The van der Waals surface area contributed by atoms with E-state index in [0.717, 1.165) is 12.1 Å². The molecule has 0 atom stereocenters. The molecule has 1 aromatic heterocycles. The van der Waals surface area contributed by atoms with Gasteiger partial charge in [0.1, 0.15) is 6.54 Å². The second kappa shape index (κ2) is 9.02. The molecule has 0 spiro atoms. The predicted molar refractivity (Wildman–Crippen MR) is 91.5 cm³/mol. The van der Waals surface area contributed by atoms with Crippen molar-refractivity contribution in [2.24, 2.45) is 0 Å². The van der Waals surface area contributed by atoms with Crippen molar-refractivity contribution in [2.75, 3.05) is 18.0 Å². The largest absolute Gasteiger partial charge is 0.407 e. The van der Waals surface area contributed by atoms with Crippen molar-refractivity contribution in [1.29, 1.82) is 0 Å². The fourth-order valence-corrected chi connectivity index (χ4v) is 2.47. The highest BCUT2D eigenvalue weighted by Gasteiger charge is 2.36. The van der Waals surface area contributed by atoms with Gasteiger partial charge >= 0.3 is 12.4 Å². The number of nitrogens with one attached hydrogen (secondary N) is 1. The maximum atomic E-state index is 13.2. The van der Waals surface area contributed by atoms with Gasteiger partial charge in [-0.1, -0.05) is 11.2 Å². The highest BCUT2D eigenvalue weighted by molar-refractivity contribution is 5.72. The minimum atomic E-state index is -4.91. The van der Waals surface area contributed by atoms with Gasteiger partial charge in [-0.15, -0.1) is 0 Å². The van der Waals surface area contributed by atoms with Crippen LogP contribution in [-0.4, -0.2) is 35.3 Å². The molecular weight excluding hydrogens is 420 g/mol. The lowest BCUT2D eigenvalue weighted by atomic mass is 10.1. The van der Waals surface area contributed by atoms with Crippen LogP contribution in [0.3, 0.4) is 0 Å². The number of alkyl halides is 6. The molecular formula is C17H15F6N5O2. The van der Waals surface area contributed by atoms with Crippen molar-refractivity contribution in [3.63, 3.8) is 0 Å². The number of hydrogen-bond acceptors (Lipinski definition) is 5. The van der Waals surface area contributed by atoms with Crippen LogP contribution in [0.25, 0.3) is 4.85 Å². The van der Waals surface area contributed by atoms with Crippen LogP contribution in [-0.2, 0) is 23.9 Å². The van der Waals surface area contributed by atoms with Gasteiger partial charge < -0.3 is 14.7 Å². The van der Waals surface area contributed by atoms with Crippen LogP contribution in [0.15, 0.2) is 22.7 Å². The summed E-state index contributed by atoms with van der Waals surface area (Å²) in [5, 5.41) is 6.01. The molecule has 1 heterocycles. The Bertz CT molecular complexity index is 932. The van der Waals surface area contributed by atoms with E-state index in [0.29, 0.717) is 11.0 Å². The summed E-state index contributed by atoms with van der Waals surface area (Å²) in [6.07, 6.45) is -9.51. The normalized spacial score (nSPS) is 11.8. The first-order valence-electron chi connectivity index (χ1n) is 8.35. The number of nitrogens with zero attached hydrogens (tertiary/aromatic N) is 4. The Hall–Kier alpha value is -3.30. The summed E-state index contributed by atoms with van der Waals surface area (Å²) in [4.78, 5) is 18.1. The molecule has 1 aromatic carbocycles. The third kappa shape index (κ3) is 6.64. The zero-order chi connectivity index (χ0) is 22.5. The van der Waals surface area contributed by atoms with E-state index in [4.69, 9.17) is 11.1 Å². The molecule has 0 fully saturated rings. The molecule has 1 amide bonds. The molecule has 0 bridgehead atoms. The van der Waals surface area contributed by atoms with E-state index < -0.39 is 42.4 Å². The van der Waals surface area contributed by atoms with Gasteiger partial charge in [-0.05, 0) is 12.1 Å². The molecule has 2 aromatic rings. The number of halogens is 6. The molecule has 0 aliphatic carbocycles. The van der Waals surface area contributed by atoms with E-state index in [-0.39, 0.29) is 30.6 Å². The molecule has 2 rings (SSSR count). The number of aromatic nitrogens is 2.